The molecule has 2 heterocycles. The maximum Gasteiger partial charge on any atom is 0.253 e. The van der Waals surface area contributed by atoms with Gasteiger partial charge in [0.25, 0.3) is 5.56 Å². The van der Waals surface area contributed by atoms with Crippen LogP contribution in [0.15, 0.2) is 10.9 Å². The molecule has 1 saturated heterocycles. The van der Waals surface area contributed by atoms with Gasteiger partial charge in [-0.3, -0.25) is 4.79 Å². The van der Waals surface area contributed by atoms with Crippen LogP contribution in [-0.2, 0) is 0 Å². The van der Waals surface area contributed by atoms with E-state index in [2.05, 4.69) is 9.97 Å². The molecule has 1 aromatic heterocycles. The molecule has 2 rings (SSSR count). The summed E-state index contributed by atoms with van der Waals surface area (Å²) in [5, 5.41) is 0.330. The van der Waals surface area contributed by atoms with Crippen molar-refractivity contribution in [3.63, 3.8) is 0 Å². The molecule has 13 heavy (non-hydrogen) atoms. The van der Waals surface area contributed by atoms with E-state index in [1.165, 1.54) is 12.5 Å². The lowest BCUT2D eigenvalue weighted by atomic mass is 10.2. The molecule has 0 radical (unpaired) electrons. The number of rotatable bonds is 1. The number of aromatic nitrogens is 2. The first kappa shape index (κ1) is 8.62. The fourth-order valence-corrected chi connectivity index (χ4v) is 2.66. The van der Waals surface area contributed by atoms with Gasteiger partial charge in [-0.1, -0.05) is 0 Å². The van der Waals surface area contributed by atoms with E-state index >= 15 is 0 Å². The predicted octanol–water partition coefficient (Wildman–Crippen LogP) is 0.920. The van der Waals surface area contributed by atoms with E-state index in [1.807, 2.05) is 11.8 Å². The number of H-pyrrole nitrogens is 1. The normalized spacial score (nSPS) is 22.0. The molecule has 1 aliphatic heterocycles. The Hall–Kier alpha value is -0.970. The topological polar surface area (TPSA) is 71.8 Å². The molecule has 5 heteroatoms. The SMILES string of the molecule is Nc1cc(=O)[nH]c(C2CCCS2)n1. The van der Waals surface area contributed by atoms with Gasteiger partial charge < -0.3 is 10.7 Å². The van der Waals surface area contributed by atoms with Crippen LogP contribution < -0.4 is 11.3 Å². The fraction of sp³-hybridized carbons (Fsp3) is 0.500. The number of aromatic amines is 1. The summed E-state index contributed by atoms with van der Waals surface area (Å²) < 4.78 is 0. The zero-order chi connectivity index (χ0) is 9.26. The molecule has 1 aromatic rings. The Morgan fingerprint density at radius 1 is 1.69 bits per heavy atom. The molecule has 0 aromatic carbocycles. The van der Waals surface area contributed by atoms with E-state index in [9.17, 15) is 4.79 Å². The molecular weight excluding hydrogens is 186 g/mol. The number of anilines is 1. The molecule has 0 spiro atoms. The van der Waals surface area contributed by atoms with Gasteiger partial charge in [-0.05, 0) is 18.6 Å². The Balaban J connectivity index is 2.33. The largest absolute Gasteiger partial charge is 0.383 e. The van der Waals surface area contributed by atoms with Crippen molar-refractivity contribution in [2.24, 2.45) is 0 Å². The van der Waals surface area contributed by atoms with E-state index in [0.29, 0.717) is 11.1 Å². The molecule has 0 saturated carbocycles. The van der Waals surface area contributed by atoms with Gasteiger partial charge in [0.2, 0.25) is 0 Å². The zero-order valence-electron chi connectivity index (χ0n) is 7.12. The van der Waals surface area contributed by atoms with E-state index in [4.69, 9.17) is 5.73 Å². The minimum atomic E-state index is -0.157. The number of thioether (sulfide) groups is 1. The van der Waals surface area contributed by atoms with Gasteiger partial charge in [-0.2, -0.15) is 11.8 Å². The Kier molecular flexibility index (Phi) is 2.26. The molecule has 0 aliphatic carbocycles. The number of hydrogen-bond acceptors (Lipinski definition) is 4. The first-order valence-corrected chi connectivity index (χ1v) is 5.29. The molecule has 70 valence electrons. The van der Waals surface area contributed by atoms with Crippen LogP contribution >= 0.6 is 11.8 Å². The van der Waals surface area contributed by atoms with Crippen molar-refractivity contribution in [1.82, 2.24) is 9.97 Å². The zero-order valence-corrected chi connectivity index (χ0v) is 7.93. The minimum Gasteiger partial charge on any atom is -0.383 e. The molecule has 1 unspecified atom stereocenters. The molecule has 4 nitrogen and oxygen atoms in total. The Labute approximate surface area is 79.9 Å². The standard InChI is InChI=1S/C8H11N3OS/c9-6-4-7(12)11-8(10-6)5-2-1-3-13-5/h4-5H,1-3H2,(H3,9,10,11,12). The summed E-state index contributed by atoms with van der Waals surface area (Å²) in [5.74, 6) is 2.18. The van der Waals surface area contributed by atoms with Crippen molar-refractivity contribution in [3.8, 4) is 0 Å². The third kappa shape index (κ3) is 1.85. The van der Waals surface area contributed by atoms with Crippen molar-refractivity contribution in [2.45, 2.75) is 18.1 Å². The molecule has 1 fully saturated rings. The van der Waals surface area contributed by atoms with Crippen molar-refractivity contribution in [1.29, 1.82) is 0 Å². The van der Waals surface area contributed by atoms with Gasteiger partial charge in [0.1, 0.15) is 11.6 Å². The third-order valence-corrected chi connectivity index (χ3v) is 3.40. The average Bonchev–Trinajstić information content (AvgIpc) is 2.53. The first-order valence-electron chi connectivity index (χ1n) is 4.24. The van der Waals surface area contributed by atoms with Crippen LogP contribution in [0.2, 0.25) is 0 Å². The summed E-state index contributed by atoms with van der Waals surface area (Å²) in [4.78, 5) is 17.9. The molecule has 3 N–H and O–H groups in total. The fourth-order valence-electron chi connectivity index (χ4n) is 1.44. The lowest BCUT2D eigenvalue weighted by molar-refractivity contribution is 0.773. The Bertz CT molecular complexity index is 357. The highest BCUT2D eigenvalue weighted by atomic mass is 32.2. The molecule has 0 amide bonds. The summed E-state index contributed by atoms with van der Waals surface area (Å²) in [7, 11) is 0. The second kappa shape index (κ2) is 3.41. The smallest absolute Gasteiger partial charge is 0.253 e. The Morgan fingerprint density at radius 2 is 2.54 bits per heavy atom. The Morgan fingerprint density at radius 3 is 3.15 bits per heavy atom. The van der Waals surface area contributed by atoms with Crippen LogP contribution in [0.1, 0.15) is 23.9 Å². The van der Waals surface area contributed by atoms with E-state index < -0.39 is 0 Å². The molecule has 1 atom stereocenters. The van der Waals surface area contributed by atoms with Crippen LogP contribution in [0.3, 0.4) is 0 Å². The van der Waals surface area contributed by atoms with E-state index in [0.717, 1.165) is 18.0 Å². The van der Waals surface area contributed by atoms with Gasteiger partial charge >= 0.3 is 0 Å². The summed E-state index contributed by atoms with van der Waals surface area (Å²) in [6.45, 7) is 0. The van der Waals surface area contributed by atoms with Crippen LogP contribution in [0.25, 0.3) is 0 Å². The highest BCUT2D eigenvalue weighted by Crippen LogP contribution is 2.37. The number of hydrogen-bond donors (Lipinski definition) is 2. The summed E-state index contributed by atoms with van der Waals surface area (Å²) >= 11 is 1.82. The molecule has 1 aliphatic rings. The second-order valence-corrected chi connectivity index (χ2v) is 4.37. The average molecular weight is 197 g/mol. The van der Waals surface area contributed by atoms with Crippen molar-refractivity contribution in [3.05, 3.63) is 22.2 Å². The van der Waals surface area contributed by atoms with Gasteiger partial charge in [0, 0.05) is 6.07 Å². The number of nitrogens with two attached hydrogens (primary N) is 1. The molecular formula is C8H11N3OS. The number of nitrogens with one attached hydrogen (secondary N) is 1. The van der Waals surface area contributed by atoms with Crippen LogP contribution in [0.4, 0.5) is 5.82 Å². The quantitative estimate of drug-likeness (QED) is 0.702. The maximum absolute atomic E-state index is 11.1. The second-order valence-electron chi connectivity index (χ2n) is 3.06. The monoisotopic (exact) mass is 197 g/mol. The van der Waals surface area contributed by atoms with Crippen molar-refractivity contribution >= 4 is 17.6 Å². The minimum absolute atomic E-state index is 0.157. The maximum atomic E-state index is 11.1. The predicted molar refractivity (Wildman–Crippen MR) is 53.7 cm³/mol. The summed E-state index contributed by atoms with van der Waals surface area (Å²) in [5.41, 5.74) is 5.33. The van der Waals surface area contributed by atoms with Gasteiger partial charge in [-0.25, -0.2) is 4.98 Å². The summed E-state index contributed by atoms with van der Waals surface area (Å²) in [6, 6.07) is 1.31. The highest BCUT2D eigenvalue weighted by molar-refractivity contribution is 7.99. The lowest BCUT2D eigenvalue weighted by Gasteiger charge is -2.06. The number of nitrogen functional groups attached to an aromatic ring is 1. The van der Waals surface area contributed by atoms with E-state index in [1.54, 1.807) is 0 Å². The number of nitrogens with zero attached hydrogens (tertiary/aromatic N) is 1. The van der Waals surface area contributed by atoms with Crippen LogP contribution in [0.5, 0.6) is 0 Å². The van der Waals surface area contributed by atoms with Crippen LogP contribution in [-0.4, -0.2) is 15.7 Å². The van der Waals surface area contributed by atoms with Gasteiger partial charge in [0.15, 0.2) is 0 Å². The van der Waals surface area contributed by atoms with Crippen LogP contribution in [0, 0.1) is 0 Å². The highest BCUT2D eigenvalue weighted by Gasteiger charge is 2.19. The van der Waals surface area contributed by atoms with Crippen molar-refractivity contribution in [2.75, 3.05) is 11.5 Å². The third-order valence-electron chi connectivity index (χ3n) is 2.01. The van der Waals surface area contributed by atoms with Gasteiger partial charge in [0.05, 0.1) is 5.25 Å². The van der Waals surface area contributed by atoms with E-state index in [-0.39, 0.29) is 5.56 Å². The summed E-state index contributed by atoms with van der Waals surface area (Å²) in [6.07, 6.45) is 2.27. The van der Waals surface area contributed by atoms with Crippen molar-refractivity contribution < 1.29 is 0 Å². The molecule has 0 bridgehead atoms. The van der Waals surface area contributed by atoms with Gasteiger partial charge in [-0.15, -0.1) is 0 Å². The lowest BCUT2D eigenvalue weighted by Crippen LogP contribution is -2.13. The first-order chi connectivity index (χ1) is 6.25.